The first-order valence-corrected chi connectivity index (χ1v) is 24.8. The van der Waals surface area contributed by atoms with Gasteiger partial charge in [-0.05, 0) is 71.0 Å². The van der Waals surface area contributed by atoms with E-state index in [1.54, 1.807) is 76.2 Å². The van der Waals surface area contributed by atoms with Gasteiger partial charge in [0.2, 0.25) is 41.2 Å². The van der Waals surface area contributed by atoms with E-state index in [2.05, 4.69) is 31.9 Å². The maximum absolute atomic E-state index is 14.5. The summed E-state index contributed by atoms with van der Waals surface area (Å²) in [5, 5.41) is 45.9. The van der Waals surface area contributed by atoms with Crippen LogP contribution in [0.25, 0.3) is 10.8 Å². The molecule has 0 aromatic heterocycles. The third-order valence-corrected chi connectivity index (χ3v) is 12.1. The highest BCUT2D eigenvalue weighted by molar-refractivity contribution is 6.38. The Morgan fingerprint density at radius 1 is 0.571 bits per heavy atom. The molecule has 0 aliphatic carbocycles. The number of rotatable bonds is 29. The van der Waals surface area contributed by atoms with Crippen molar-refractivity contribution in [1.29, 1.82) is 0 Å². The van der Waals surface area contributed by atoms with E-state index in [-0.39, 0.29) is 19.3 Å². The van der Waals surface area contributed by atoms with Crippen LogP contribution in [0, 0.1) is 18.3 Å². The molecular formula is C53H68F3N7O14. The molecule has 0 saturated heterocycles. The van der Waals surface area contributed by atoms with Crippen molar-refractivity contribution in [2.75, 3.05) is 0 Å². The van der Waals surface area contributed by atoms with Crippen LogP contribution < -0.4 is 37.2 Å². The van der Waals surface area contributed by atoms with Crippen LogP contribution in [-0.4, -0.2) is 123 Å². The summed E-state index contributed by atoms with van der Waals surface area (Å²) < 4.78 is 42.2. The summed E-state index contributed by atoms with van der Waals surface area (Å²) in [4.78, 5) is 144. The maximum Gasteiger partial charge on any atom is 0.391 e. The summed E-state index contributed by atoms with van der Waals surface area (Å²) in [7, 11) is 0. The van der Waals surface area contributed by atoms with Gasteiger partial charge in [0.15, 0.2) is 0 Å². The van der Waals surface area contributed by atoms with Gasteiger partial charge in [-0.25, -0.2) is 0 Å². The van der Waals surface area contributed by atoms with Gasteiger partial charge in [0, 0.05) is 19.3 Å². The molecule has 7 atom stereocenters. The fourth-order valence-corrected chi connectivity index (χ4v) is 8.04. The Labute approximate surface area is 442 Å². The summed E-state index contributed by atoms with van der Waals surface area (Å²) in [6.45, 7) is 11.2. The van der Waals surface area contributed by atoms with Gasteiger partial charge in [-0.1, -0.05) is 102 Å². The first-order valence-electron chi connectivity index (χ1n) is 24.8. The van der Waals surface area contributed by atoms with E-state index in [1.165, 1.54) is 20.8 Å². The highest BCUT2D eigenvalue weighted by Gasteiger charge is 2.42. The number of carboxylic acids is 3. The average molecular weight is 1080 g/mol. The van der Waals surface area contributed by atoms with Gasteiger partial charge in [0.05, 0.1) is 25.3 Å². The fraction of sp³-hybridized carbons (Fsp3) is 0.491. The topological polar surface area (TPSA) is 333 Å². The first-order chi connectivity index (χ1) is 35.9. The number of alkyl halides is 3. The van der Waals surface area contributed by atoms with Gasteiger partial charge >= 0.3 is 24.1 Å². The van der Waals surface area contributed by atoms with E-state index in [9.17, 15) is 76.1 Å². The molecule has 0 spiro atoms. The lowest BCUT2D eigenvalue weighted by molar-refractivity contribution is -0.154. The lowest BCUT2D eigenvalue weighted by Gasteiger charge is -2.34. The largest absolute Gasteiger partial charge is 0.481 e. The Kier molecular flexibility index (Phi) is 23.7. The second kappa shape index (κ2) is 28.8. The second-order valence-corrected chi connectivity index (χ2v) is 20.1. The number of aliphatic carboxylic acids is 3. The van der Waals surface area contributed by atoms with Gasteiger partial charge in [-0.15, -0.1) is 0 Å². The molecule has 0 saturated carbocycles. The number of Topliss-reactive ketones (excluding diaryl/α,β-unsaturated/α-hetero) is 1. The summed E-state index contributed by atoms with van der Waals surface area (Å²) in [6, 6.07) is 7.42. The van der Waals surface area contributed by atoms with Crippen LogP contribution in [0.1, 0.15) is 116 Å². The number of halogens is 3. The van der Waals surface area contributed by atoms with E-state index in [1.807, 2.05) is 23.5 Å². The van der Waals surface area contributed by atoms with Gasteiger partial charge in [-0.3, -0.25) is 52.7 Å². The predicted octanol–water partition coefficient (Wildman–Crippen LogP) is 3.69. The summed E-state index contributed by atoms with van der Waals surface area (Å²) in [5.74, 6) is -14.6. The van der Waals surface area contributed by atoms with Gasteiger partial charge in [0.1, 0.15) is 36.3 Å². The molecule has 0 radical (unpaired) electrons. The van der Waals surface area contributed by atoms with Crippen molar-refractivity contribution in [3.05, 3.63) is 83.4 Å². The molecule has 0 fully saturated rings. The lowest BCUT2D eigenvalue weighted by Crippen LogP contribution is -2.62. The zero-order chi connectivity index (χ0) is 57.9. The highest BCUT2D eigenvalue weighted by atomic mass is 19.4. The zero-order valence-corrected chi connectivity index (χ0v) is 43.8. The Bertz CT molecular complexity index is 2660. The molecule has 0 aliphatic heterocycles. The number of amides is 7. The molecule has 420 valence electrons. The molecule has 24 heteroatoms. The van der Waals surface area contributed by atoms with Crippen LogP contribution in [0.2, 0.25) is 0 Å². The Balaban J connectivity index is 1.94. The van der Waals surface area contributed by atoms with Crippen molar-refractivity contribution in [3.8, 4) is 0 Å². The number of carbonyl (C=O) groups is 11. The molecule has 21 nitrogen and oxygen atoms in total. The van der Waals surface area contributed by atoms with E-state index in [0.29, 0.717) is 16.7 Å². The molecule has 10 N–H and O–H groups in total. The van der Waals surface area contributed by atoms with Crippen molar-refractivity contribution < 1.29 is 81.2 Å². The van der Waals surface area contributed by atoms with Crippen molar-refractivity contribution in [1.82, 2.24) is 37.2 Å². The second-order valence-electron chi connectivity index (χ2n) is 20.1. The Hall–Kier alpha value is -7.92. The number of carboxylic acid groups (broad SMARTS) is 3. The van der Waals surface area contributed by atoms with Crippen LogP contribution >= 0.6 is 0 Å². The monoisotopic (exact) mass is 1080 g/mol. The number of aryl methyl sites for hydroxylation is 1. The average Bonchev–Trinajstić information content (AvgIpc) is 3.33. The molecule has 1 unspecified atom stereocenters. The normalized spacial score (nSPS) is 14.3. The molecule has 0 bridgehead atoms. The number of ketones is 1. The summed E-state index contributed by atoms with van der Waals surface area (Å²) in [6.07, 6.45) is -11.0. The minimum Gasteiger partial charge on any atom is -0.481 e. The molecule has 0 aliphatic rings. The van der Waals surface area contributed by atoms with Crippen molar-refractivity contribution >= 4 is 75.8 Å². The molecular weight excluding hydrogens is 1020 g/mol. The van der Waals surface area contributed by atoms with Crippen molar-refractivity contribution in [2.24, 2.45) is 11.3 Å². The van der Waals surface area contributed by atoms with Gasteiger partial charge in [-0.2, -0.15) is 13.2 Å². The predicted molar refractivity (Wildman–Crippen MR) is 272 cm³/mol. The van der Waals surface area contributed by atoms with Crippen LogP contribution in [0.15, 0.2) is 66.7 Å². The van der Waals surface area contributed by atoms with E-state index >= 15 is 0 Å². The van der Waals surface area contributed by atoms with Crippen LogP contribution in [0.5, 0.6) is 0 Å². The smallest absolute Gasteiger partial charge is 0.391 e. The van der Waals surface area contributed by atoms with Crippen molar-refractivity contribution in [2.45, 2.75) is 155 Å². The number of fused-ring (bicyclic) bond motifs is 1. The third-order valence-electron chi connectivity index (χ3n) is 12.1. The zero-order valence-electron chi connectivity index (χ0n) is 43.8. The number of nitrogens with one attached hydrogen (secondary N) is 7. The summed E-state index contributed by atoms with van der Waals surface area (Å²) >= 11 is 0. The van der Waals surface area contributed by atoms with Crippen LogP contribution in [-0.2, 0) is 59.2 Å². The number of hydrogen-bond donors (Lipinski definition) is 10. The Morgan fingerprint density at radius 3 is 1.69 bits per heavy atom. The fourth-order valence-electron chi connectivity index (χ4n) is 8.04. The van der Waals surface area contributed by atoms with E-state index in [0.717, 1.165) is 10.8 Å². The molecule has 7 amide bonds. The molecule has 3 aromatic rings. The summed E-state index contributed by atoms with van der Waals surface area (Å²) in [5.41, 5.74) is 0.468. The minimum absolute atomic E-state index is 0.212. The van der Waals surface area contributed by atoms with Crippen LogP contribution in [0.3, 0.4) is 0 Å². The standard InChI is InChI=1S/C53H68F3N7O14/c1-8-34(33-18-17-30-14-11-12-16-32(30)24-33)58-50(76)44(71)39(27-53(54,55)56)62-47(73)36(23-28(2)3)61-51(77)45(52(5,6)7)63-49(75)37(25-31-15-10-9-13-29(31)4)60-46(72)35(19-21-41(65)66)59-48(74)38(26-43(69)70)57-40(64)20-22-42(67)68/h9-18,24,28,34-39,45H,8,19-23,25-27H2,1-7H3,(H,57,64)(H,58,76)(H,59,74)(H,60,72)(H,61,77)(H,62,73)(H,63,75)(H,65,66)(H,67,68)(H,69,70)/t34-,35-,36-,37-,38-,39?,45+/m0/s1. The molecule has 3 aromatic carbocycles. The van der Waals surface area contributed by atoms with E-state index in [4.69, 9.17) is 5.11 Å². The third kappa shape index (κ3) is 21.3. The molecule has 77 heavy (non-hydrogen) atoms. The maximum atomic E-state index is 14.5. The van der Waals surface area contributed by atoms with Crippen molar-refractivity contribution in [3.63, 3.8) is 0 Å². The SMILES string of the molecule is CC[C@H](NC(=O)C(=O)C(CC(F)(F)F)NC(=O)[C@H](CC(C)C)NC(=O)[C@@H](NC(=O)[C@H](Cc1ccccc1C)NC(=O)[C@H](CCC(=O)O)NC(=O)[C@H](CC(=O)O)NC(=O)CCC(=O)O)C(C)(C)C)c1ccc2ccccc2c1. The quantitative estimate of drug-likeness (QED) is 0.0444. The van der Waals surface area contributed by atoms with Gasteiger partial charge < -0.3 is 52.5 Å². The first kappa shape index (κ1) is 63.4. The highest BCUT2D eigenvalue weighted by Crippen LogP contribution is 2.26. The van der Waals surface area contributed by atoms with Crippen LogP contribution in [0.4, 0.5) is 13.2 Å². The number of hydrogen-bond acceptors (Lipinski definition) is 11. The lowest BCUT2D eigenvalue weighted by atomic mass is 9.85. The van der Waals surface area contributed by atoms with Gasteiger partial charge in [0.25, 0.3) is 5.91 Å². The minimum atomic E-state index is -5.06. The Morgan fingerprint density at radius 2 is 1.12 bits per heavy atom. The molecule has 0 heterocycles. The van der Waals surface area contributed by atoms with E-state index < -0.39 is 163 Å². The number of carbonyl (C=O) groups excluding carboxylic acids is 8. The number of benzene rings is 3. The molecule has 3 rings (SSSR count).